The Bertz CT molecular complexity index is 468. The standard InChI is InChI=1S/C11H8ClNO2/c1-2-6-13-9-7(10(14)11(13)15)4-3-5-8(9)12/h2-5H,1,6H2. The molecular formula is C11H8ClNO2. The summed E-state index contributed by atoms with van der Waals surface area (Å²) >= 11 is 5.95. The summed E-state index contributed by atoms with van der Waals surface area (Å²) in [5, 5.41) is 0.411. The van der Waals surface area contributed by atoms with Crippen molar-refractivity contribution in [1.82, 2.24) is 0 Å². The Morgan fingerprint density at radius 3 is 2.80 bits per heavy atom. The van der Waals surface area contributed by atoms with Gasteiger partial charge in [-0.2, -0.15) is 0 Å². The second-order valence-corrected chi connectivity index (χ2v) is 3.58. The molecule has 0 atom stereocenters. The number of nitrogens with zero attached hydrogens (tertiary/aromatic N) is 1. The van der Waals surface area contributed by atoms with Crippen LogP contribution in [-0.4, -0.2) is 18.2 Å². The van der Waals surface area contributed by atoms with Gasteiger partial charge in [-0.25, -0.2) is 0 Å². The Morgan fingerprint density at radius 2 is 2.13 bits per heavy atom. The van der Waals surface area contributed by atoms with Crippen molar-refractivity contribution < 1.29 is 9.59 Å². The van der Waals surface area contributed by atoms with Gasteiger partial charge in [-0.1, -0.05) is 23.7 Å². The number of para-hydroxylation sites is 1. The molecule has 1 aromatic rings. The lowest BCUT2D eigenvalue weighted by Gasteiger charge is -2.14. The van der Waals surface area contributed by atoms with E-state index in [1.807, 2.05) is 0 Å². The first kappa shape index (κ1) is 9.93. The van der Waals surface area contributed by atoms with E-state index in [2.05, 4.69) is 6.58 Å². The maximum absolute atomic E-state index is 11.6. The van der Waals surface area contributed by atoms with Gasteiger partial charge in [-0.15, -0.1) is 6.58 Å². The van der Waals surface area contributed by atoms with E-state index in [1.165, 1.54) is 4.90 Å². The Morgan fingerprint density at radius 1 is 1.40 bits per heavy atom. The minimum Gasteiger partial charge on any atom is -0.299 e. The number of fused-ring (bicyclic) bond motifs is 1. The molecule has 0 spiro atoms. The van der Waals surface area contributed by atoms with Gasteiger partial charge in [-0.3, -0.25) is 14.5 Å². The lowest BCUT2D eigenvalue weighted by Crippen LogP contribution is -2.29. The molecule has 0 saturated carbocycles. The fraction of sp³-hybridized carbons (Fsp3) is 0.0909. The molecule has 1 aliphatic heterocycles. The van der Waals surface area contributed by atoms with Gasteiger partial charge in [0.2, 0.25) is 0 Å². The van der Waals surface area contributed by atoms with Crippen LogP contribution in [0.2, 0.25) is 5.02 Å². The van der Waals surface area contributed by atoms with Gasteiger partial charge in [0.1, 0.15) is 0 Å². The molecule has 76 valence electrons. The smallest absolute Gasteiger partial charge is 0.299 e. The van der Waals surface area contributed by atoms with E-state index in [4.69, 9.17) is 11.6 Å². The summed E-state index contributed by atoms with van der Waals surface area (Å²) in [6, 6.07) is 4.91. The second-order valence-electron chi connectivity index (χ2n) is 3.17. The zero-order valence-corrected chi connectivity index (χ0v) is 8.62. The molecule has 15 heavy (non-hydrogen) atoms. The molecule has 0 fully saturated rings. The van der Waals surface area contributed by atoms with Crippen molar-refractivity contribution in [2.24, 2.45) is 0 Å². The normalized spacial score (nSPS) is 14.3. The zero-order valence-electron chi connectivity index (χ0n) is 7.87. The van der Waals surface area contributed by atoms with Crippen molar-refractivity contribution in [3.05, 3.63) is 41.4 Å². The molecule has 0 unspecified atom stereocenters. The first-order chi connectivity index (χ1) is 7.16. The van der Waals surface area contributed by atoms with Crippen molar-refractivity contribution in [2.45, 2.75) is 0 Å². The molecule has 1 amide bonds. The van der Waals surface area contributed by atoms with Crippen LogP contribution in [0.25, 0.3) is 0 Å². The summed E-state index contributed by atoms with van der Waals surface area (Å²) in [7, 11) is 0. The van der Waals surface area contributed by atoms with E-state index in [9.17, 15) is 9.59 Å². The molecule has 1 aromatic carbocycles. The highest BCUT2D eigenvalue weighted by atomic mass is 35.5. The van der Waals surface area contributed by atoms with E-state index in [1.54, 1.807) is 24.3 Å². The third-order valence-corrected chi connectivity index (χ3v) is 2.56. The first-order valence-corrected chi connectivity index (χ1v) is 4.80. The summed E-state index contributed by atoms with van der Waals surface area (Å²) < 4.78 is 0. The molecule has 1 aliphatic rings. The number of Topliss-reactive ketones (excluding diaryl/α,β-unsaturated/α-hetero) is 1. The van der Waals surface area contributed by atoms with Crippen molar-refractivity contribution in [3.63, 3.8) is 0 Å². The number of benzene rings is 1. The Labute approximate surface area is 91.9 Å². The average molecular weight is 222 g/mol. The van der Waals surface area contributed by atoms with Crippen LogP contribution in [0.15, 0.2) is 30.9 Å². The van der Waals surface area contributed by atoms with Crippen LogP contribution in [0.4, 0.5) is 5.69 Å². The van der Waals surface area contributed by atoms with Crippen LogP contribution < -0.4 is 4.90 Å². The van der Waals surface area contributed by atoms with Crippen LogP contribution in [0.1, 0.15) is 10.4 Å². The first-order valence-electron chi connectivity index (χ1n) is 4.42. The Kier molecular flexibility index (Phi) is 2.32. The molecule has 0 aromatic heterocycles. The van der Waals surface area contributed by atoms with Gasteiger partial charge in [-0.05, 0) is 12.1 Å². The predicted octanol–water partition coefficient (Wildman–Crippen LogP) is 2.06. The third-order valence-electron chi connectivity index (χ3n) is 2.25. The van der Waals surface area contributed by atoms with Crippen LogP contribution in [0.5, 0.6) is 0 Å². The predicted molar refractivity (Wildman–Crippen MR) is 58.3 cm³/mol. The molecule has 0 N–H and O–H groups in total. The average Bonchev–Trinajstić information content (AvgIpc) is 2.46. The SMILES string of the molecule is C=CCN1C(=O)C(=O)c2cccc(Cl)c21. The maximum atomic E-state index is 11.6. The third kappa shape index (κ3) is 1.36. The monoisotopic (exact) mass is 221 g/mol. The maximum Gasteiger partial charge on any atom is 0.299 e. The number of rotatable bonds is 2. The van der Waals surface area contributed by atoms with E-state index in [-0.39, 0.29) is 0 Å². The Hall–Kier alpha value is -1.61. The van der Waals surface area contributed by atoms with Crippen molar-refractivity contribution in [1.29, 1.82) is 0 Å². The highest BCUT2D eigenvalue weighted by Gasteiger charge is 2.36. The molecule has 0 radical (unpaired) electrons. The van der Waals surface area contributed by atoms with Crippen LogP contribution in [-0.2, 0) is 4.79 Å². The van der Waals surface area contributed by atoms with E-state index >= 15 is 0 Å². The van der Waals surface area contributed by atoms with Crippen LogP contribution >= 0.6 is 11.6 Å². The number of hydrogen-bond donors (Lipinski definition) is 0. The number of carbonyl (C=O) groups excluding carboxylic acids is 2. The number of amides is 1. The highest BCUT2D eigenvalue weighted by molar-refractivity contribution is 6.54. The summed E-state index contributed by atoms with van der Waals surface area (Å²) in [6.45, 7) is 3.83. The fourth-order valence-electron chi connectivity index (χ4n) is 1.62. The number of anilines is 1. The second kappa shape index (κ2) is 3.51. The summed E-state index contributed by atoms with van der Waals surface area (Å²) in [6.07, 6.45) is 1.56. The summed E-state index contributed by atoms with van der Waals surface area (Å²) in [5.74, 6) is -1.05. The fourth-order valence-corrected chi connectivity index (χ4v) is 1.89. The molecule has 0 bridgehead atoms. The quantitative estimate of drug-likeness (QED) is 0.566. The molecule has 0 saturated heterocycles. The highest BCUT2D eigenvalue weighted by Crippen LogP contribution is 2.35. The minimum atomic E-state index is -0.544. The van der Waals surface area contributed by atoms with Crippen molar-refractivity contribution in [3.8, 4) is 0 Å². The van der Waals surface area contributed by atoms with Gasteiger partial charge >= 0.3 is 0 Å². The molecule has 3 nitrogen and oxygen atoms in total. The number of carbonyl (C=O) groups is 2. The largest absolute Gasteiger partial charge is 0.299 e. The van der Waals surface area contributed by atoms with E-state index in [0.29, 0.717) is 22.8 Å². The van der Waals surface area contributed by atoms with Crippen molar-refractivity contribution in [2.75, 3.05) is 11.4 Å². The molecule has 2 rings (SSSR count). The van der Waals surface area contributed by atoms with Crippen LogP contribution in [0.3, 0.4) is 0 Å². The van der Waals surface area contributed by atoms with Gasteiger partial charge in [0.05, 0.1) is 16.3 Å². The topological polar surface area (TPSA) is 37.4 Å². The summed E-state index contributed by atoms with van der Waals surface area (Å²) in [4.78, 5) is 24.5. The summed E-state index contributed by atoms with van der Waals surface area (Å²) in [5.41, 5.74) is 0.864. The van der Waals surface area contributed by atoms with Gasteiger partial charge in [0, 0.05) is 6.54 Å². The lowest BCUT2D eigenvalue weighted by atomic mass is 10.1. The molecule has 1 heterocycles. The number of halogens is 1. The van der Waals surface area contributed by atoms with Gasteiger partial charge in [0.25, 0.3) is 11.7 Å². The zero-order chi connectivity index (χ0) is 11.0. The van der Waals surface area contributed by atoms with Crippen LogP contribution in [0, 0.1) is 0 Å². The number of ketones is 1. The Balaban J connectivity index is 2.61. The van der Waals surface area contributed by atoms with Gasteiger partial charge < -0.3 is 0 Å². The minimum absolute atomic E-state index is 0.293. The van der Waals surface area contributed by atoms with E-state index in [0.717, 1.165) is 0 Å². The van der Waals surface area contributed by atoms with Crippen molar-refractivity contribution >= 4 is 29.0 Å². The molecular weight excluding hydrogens is 214 g/mol. The molecule has 0 aliphatic carbocycles. The number of hydrogen-bond acceptors (Lipinski definition) is 2. The van der Waals surface area contributed by atoms with E-state index < -0.39 is 11.7 Å². The lowest BCUT2D eigenvalue weighted by molar-refractivity contribution is -0.114. The van der Waals surface area contributed by atoms with Gasteiger partial charge in [0.15, 0.2) is 0 Å². The molecule has 4 heteroatoms.